The second kappa shape index (κ2) is 5.38. The van der Waals surface area contributed by atoms with E-state index in [4.69, 9.17) is 12.2 Å². The Morgan fingerprint density at radius 2 is 1.93 bits per heavy atom. The van der Waals surface area contributed by atoms with Crippen molar-refractivity contribution in [3.63, 3.8) is 0 Å². The zero-order chi connectivity index (χ0) is 10.4. The molecule has 1 aliphatic carbocycles. The Kier molecular flexibility index (Phi) is 4.44. The minimum atomic E-state index is 0.113. The van der Waals surface area contributed by atoms with Gasteiger partial charge in [0.05, 0.1) is 6.04 Å². The van der Waals surface area contributed by atoms with E-state index in [1.165, 1.54) is 38.5 Å². The van der Waals surface area contributed by atoms with Gasteiger partial charge in [-0.25, -0.2) is 0 Å². The highest BCUT2D eigenvalue weighted by atomic mass is 15.0. The van der Waals surface area contributed by atoms with Crippen LogP contribution in [0.4, 0.5) is 0 Å². The molecule has 80 valence electrons. The number of nitrogens with two attached hydrogens (primary N) is 1. The van der Waals surface area contributed by atoms with E-state index in [1.54, 1.807) is 0 Å². The van der Waals surface area contributed by atoms with Crippen molar-refractivity contribution in [3.05, 3.63) is 0 Å². The molecule has 0 aromatic carbocycles. The van der Waals surface area contributed by atoms with Crippen molar-refractivity contribution in [2.75, 3.05) is 6.54 Å². The number of rotatable bonds is 3. The average molecular weight is 194 g/mol. The molecule has 1 rings (SSSR count). The zero-order valence-corrected chi connectivity index (χ0v) is 9.18. The van der Waals surface area contributed by atoms with E-state index in [-0.39, 0.29) is 11.6 Å². The standard InChI is InChI=1S/C12H22N2/c1-3-11(2)14-12(10-13)8-6-4-5-7-9-12/h1,11,14H,4-10,13H2,2H3. The smallest absolute Gasteiger partial charge is 0.0663 e. The highest BCUT2D eigenvalue weighted by Crippen LogP contribution is 2.26. The third-order valence-corrected chi connectivity index (χ3v) is 3.22. The predicted molar refractivity (Wildman–Crippen MR) is 60.9 cm³/mol. The lowest BCUT2D eigenvalue weighted by molar-refractivity contribution is 0.283. The topological polar surface area (TPSA) is 38.0 Å². The summed E-state index contributed by atoms with van der Waals surface area (Å²) in [5.74, 6) is 2.73. The molecule has 0 bridgehead atoms. The van der Waals surface area contributed by atoms with Crippen LogP contribution < -0.4 is 11.1 Å². The Morgan fingerprint density at radius 1 is 1.36 bits per heavy atom. The predicted octanol–water partition coefficient (Wildman–Crippen LogP) is 1.65. The van der Waals surface area contributed by atoms with E-state index in [0.29, 0.717) is 6.54 Å². The number of hydrogen-bond donors (Lipinski definition) is 2. The number of nitrogens with one attached hydrogen (secondary N) is 1. The minimum absolute atomic E-state index is 0.113. The summed E-state index contributed by atoms with van der Waals surface area (Å²) in [6.45, 7) is 2.74. The summed E-state index contributed by atoms with van der Waals surface area (Å²) in [6, 6.07) is 0.136. The highest BCUT2D eigenvalue weighted by molar-refractivity contribution is 5.02. The quantitative estimate of drug-likeness (QED) is 0.529. The van der Waals surface area contributed by atoms with E-state index in [9.17, 15) is 0 Å². The largest absolute Gasteiger partial charge is 0.329 e. The Hall–Kier alpha value is -0.520. The van der Waals surface area contributed by atoms with E-state index in [1.807, 2.05) is 6.92 Å². The lowest BCUT2D eigenvalue weighted by Gasteiger charge is -2.34. The molecule has 3 N–H and O–H groups in total. The van der Waals surface area contributed by atoms with Gasteiger partial charge in [0, 0.05) is 12.1 Å². The number of terminal acetylenes is 1. The van der Waals surface area contributed by atoms with Gasteiger partial charge in [-0.3, -0.25) is 5.32 Å². The Labute approximate surface area is 87.6 Å². The lowest BCUT2D eigenvalue weighted by atomic mass is 9.89. The number of hydrogen-bond acceptors (Lipinski definition) is 2. The molecule has 2 heteroatoms. The van der Waals surface area contributed by atoms with Gasteiger partial charge in [-0.05, 0) is 19.8 Å². The Morgan fingerprint density at radius 3 is 2.36 bits per heavy atom. The Bertz CT molecular complexity index is 197. The first kappa shape index (κ1) is 11.6. The molecular formula is C12H22N2. The first-order valence-corrected chi connectivity index (χ1v) is 5.66. The maximum atomic E-state index is 5.88. The van der Waals surface area contributed by atoms with Crippen LogP contribution in [0.25, 0.3) is 0 Å². The molecule has 0 heterocycles. The van der Waals surface area contributed by atoms with Crippen molar-refractivity contribution < 1.29 is 0 Å². The zero-order valence-electron chi connectivity index (χ0n) is 9.18. The summed E-state index contributed by atoms with van der Waals surface area (Å²) >= 11 is 0. The fourth-order valence-electron chi connectivity index (χ4n) is 2.31. The van der Waals surface area contributed by atoms with Gasteiger partial charge in [0.1, 0.15) is 0 Å². The van der Waals surface area contributed by atoms with Crippen LogP contribution in [0.1, 0.15) is 45.4 Å². The fourth-order valence-corrected chi connectivity index (χ4v) is 2.31. The molecule has 1 saturated carbocycles. The first-order chi connectivity index (χ1) is 6.72. The monoisotopic (exact) mass is 194 g/mol. The van der Waals surface area contributed by atoms with Crippen LogP contribution in [-0.2, 0) is 0 Å². The first-order valence-electron chi connectivity index (χ1n) is 5.66. The van der Waals surface area contributed by atoms with Gasteiger partial charge in [-0.1, -0.05) is 31.6 Å². The van der Waals surface area contributed by atoms with Gasteiger partial charge in [-0.15, -0.1) is 6.42 Å². The van der Waals surface area contributed by atoms with Crippen molar-refractivity contribution in [2.45, 2.75) is 57.0 Å². The highest BCUT2D eigenvalue weighted by Gasteiger charge is 2.29. The maximum absolute atomic E-state index is 5.88. The molecule has 0 saturated heterocycles. The summed E-state index contributed by atoms with van der Waals surface area (Å²) in [6.07, 6.45) is 13.0. The van der Waals surface area contributed by atoms with Gasteiger partial charge in [0.15, 0.2) is 0 Å². The van der Waals surface area contributed by atoms with E-state index < -0.39 is 0 Å². The van der Waals surface area contributed by atoms with Crippen molar-refractivity contribution in [1.29, 1.82) is 0 Å². The molecule has 14 heavy (non-hydrogen) atoms. The molecule has 0 spiro atoms. The van der Waals surface area contributed by atoms with Gasteiger partial charge < -0.3 is 5.73 Å². The van der Waals surface area contributed by atoms with Crippen LogP contribution in [0.5, 0.6) is 0 Å². The third kappa shape index (κ3) is 3.01. The van der Waals surface area contributed by atoms with Crippen LogP contribution in [0, 0.1) is 12.3 Å². The molecule has 0 radical (unpaired) electrons. The van der Waals surface area contributed by atoms with Crippen molar-refractivity contribution in [3.8, 4) is 12.3 Å². The summed E-state index contributed by atoms with van der Waals surface area (Å²) in [4.78, 5) is 0. The van der Waals surface area contributed by atoms with Crippen molar-refractivity contribution in [2.24, 2.45) is 5.73 Å². The van der Waals surface area contributed by atoms with E-state index in [2.05, 4.69) is 11.2 Å². The van der Waals surface area contributed by atoms with E-state index >= 15 is 0 Å². The van der Waals surface area contributed by atoms with E-state index in [0.717, 1.165) is 0 Å². The molecule has 0 aliphatic heterocycles. The second-order valence-corrected chi connectivity index (χ2v) is 4.43. The molecule has 1 unspecified atom stereocenters. The summed E-state index contributed by atoms with van der Waals surface area (Å²) in [7, 11) is 0. The SMILES string of the molecule is C#CC(C)NC1(CN)CCCCCC1. The van der Waals surface area contributed by atoms with Crippen LogP contribution in [0.3, 0.4) is 0 Å². The van der Waals surface area contributed by atoms with Crippen LogP contribution in [0.2, 0.25) is 0 Å². The Balaban J connectivity index is 2.58. The molecule has 0 aromatic rings. The van der Waals surface area contributed by atoms with Crippen molar-refractivity contribution in [1.82, 2.24) is 5.32 Å². The third-order valence-electron chi connectivity index (χ3n) is 3.22. The van der Waals surface area contributed by atoms with Gasteiger partial charge in [0.2, 0.25) is 0 Å². The molecule has 0 amide bonds. The normalized spacial score (nSPS) is 23.5. The summed E-state index contributed by atoms with van der Waals surface area (Å²) in [5, 5.41) is 3.51. The molecule has 2 nitrogen and oxygen atoms in total. The molecule has 0 aromatic heterocycles. The molecule has 1 aliphatic rings. The maximum Gasteiger partial charge on any atom is 0.0663 e. The second-order valence-electron chi connectivity index (χ2n) is 4.43. The molecule has 1 atom stereocenters. The summed E-state index contributed by atoms with van der Waals surface area (Å²) in [5.41, 5.74) is 5.99. The van der Waals surface area contributed by atoms with Gasteiger partial charge in [-0.2, -0.15) is 0 Å². The van der Waals surface area contributed by atoms with Gasteiger partial charge in [0.25, 0.3) is 0 Å². The molecule has 1 fully saturated rings. The average Bonchev–Trinajstić information content (AvgIpc) is 2.44. The fraction of sp³-hybridized carbons (Fsp3) is 0.833. The lowest BCUT2D eigenvalue weighted by Crippen LogP contribution is -2.53. The minimum Gasteiger partial charge on any atom is -0.329 e. The van der Waals surface area contributed by atoms with Crippen molar-refractivity contribution >= 4 is 0 Å². The molecular weight excluding hydrogens is 172 g/mol. The van der Waals surface area contributed by atoms with Crippen LogP contribution >= 0.6 is 0 Å². The van der Waals surface area contributed by atoms with Crippen LogP contribution in [0.15, 0.2) is 0 Å². The van der Waals surface area contributed by atoms with Gasteiger partial charge >= 0.3 is 0 Å². The van der Waals surface area contributed by atoms with Crippen LogP contribution in [-0.4, -0.2) is 18.1 Å². The summed E-state index contributed by atoms with van der Waals surface area (Å²) < 4.78 is 0.